The minimum atomic E-state index is -0.486. The summed E-state index contributed by atoms with van der Waals surface area (Å²) in [6, 6.07) is 87.7. The minimum Gasteiger partial charge on any atom is -0.228 e. The summed E-state index contributed by atoms with van der Waals surface area (Å²) in [5, 5.41) is 4.75. The van der Waals surface area contributed by atoms with Crippen molar-refractivity contribution in [3.63, 3.8) is 0 Å². The SMILES string of the molecule is c1ccc(-c2cc(-c3ccccc3-c3ccccc3)nc(-c3ccc(-c4ccc5c(c4)-c4cc6ccccc6cc4C5(c4ccccc4)c4ccccc4)c4ccccc34)n2)cc1. The highest BCUT2D eigenvalue weighted by molar-refractivity contribution is 6.05. The molecule has 0 aliphatic heterocycles. The Hall–Kier alpha value is -8.20. The lowest BCUT2D eigenvalue weighted by atomic mass is 9.67. The molecular weight excluding hydrogens is 761 g/mol. The smallest absolute Gasteiger partial charge is 0.161 e. The van der Waals surface area contributed by atoms with E-state index in [0.29, 0.717) is 5.82 Å². The summed E-state index contributed by atoms with van der Waals surface area (Å²) in [6.07, 6.45) is 0. The molecule has 0 unspecified atom stereocenters. The first kappa shape index (κ1) is 36.6. The molecule has 0 amide bonds. The number of hydrogen-bond donors (Lipinski definition) is 0. The Bertz CT molecular complexity index is 3450. The van der Waals surface area contributed by atoms with E-state index in [2.05, 4.69) is 237 Å². The van der Waals surface area contributed by atoms with Crippen molar-refractivity contribution >= 4 is 21.5 Å². The molecule has 0 bridgehead atoms. The zero-order chi connectivity index (χ0) is 41.7. The van der Waals surface area contributed by atoms with Crippen LogP contribution in [0.15, 0.2) is 243 Å². The van der Waals surface area contributed by atoms with E-state index in [1.165, 1.54) is 55.3 Å². The fourth-order valence-corrected chi connectivity index (χ4v) is 10.1. The molecule has 0 fully saturated rings. The van der Waals surface area contributed by atoms with Gasteiger partial charge in [0.15, 0.2) is 5.82 Å². The van der Waals surface area contributed by atoms with E-state index in [-0.39, 0.29) is 0 Å². The number of benzene rings is 10. The predicted molar refractivity (Wildman–Crippen MR) is 262 cm³/mol. The quantitative estimate of drug-likeness (QED) is 0.160. The number of fused-ring (bicyclic) bond motifs is 5. The Balaban J connectivity index is 1.06. The number of aromatic nitrogens is 2. The highest BCUT2D eigenvalue weighted by Crippen LogP contribution is 2.57. The van der Waals surface area contributed by atoms with Crippen molar-refractivity contribution in [2.45, 2.75) is 5.41 Å². The third-order valence-corrected chi connectivity index (χ3v) is 13.0. The van der Waals surface area contributed by atoms with Gasteiger partial charge in [-0.3, -0.25) is 0 Å². The molecule has 0 atom stereocenters. The van der Waals surface area contributed by atoms with Crippen LogP contribution in [-0.4, -0.2) is 9.97 Å². The number of hydrogen-bond acceptors (Lipinski definition) is 2. The van der Waals surface area contributed by atoms with Gasteiger partial charge < -0.3 is 0 Å². The first-order valence-electron chi connectivity index (χ1n) is 21.6. The Morgan fingerprint density at radius 3 is 1.46 bits per heavy atom. The zero-order valence-electron chi connectivity index (χ0n) is 34.5. The van der Waals surface area contributed by atoms with Gasteiger partial charge in [0.2, 0.25) is 0 Å². The Morgan fingerprint density at radius 1 is 0.270 bits per heavy atom. The third kappa shape index (κ3) is 6.02. The van der Waals surface area contributed by atoms with Gasteiger partial charge in [-0.2, -0.15) is 0 Å². The van der Waals surface area contributed by atoms with Gasteiger partial charge in [-0.25, -0.2) is 9.97 Å². The van der Waals surface area contributed by atoms with E-state index in [1.54, 1.807) is 0 Å². The molecule has 0 spiro atoms. The van der Waals surface area contributed by atoms with Gasteiger partial charge in [0.1, 0.15) is 0 Å². The Kier molecular flexibility index (Phi) is 8.76. The van der Waals surface area contributed by atoms with Crippen molar-refractivity contribution in [1.29, 1.82) is 0 Å². The summed E-state index contributed by atoms with van der Waals surface area (Å²) in [5.41, 5.74) is 16.7. The molecule has 12 rings (SSSR count). The highest BCUT2D eigenvalue weighted by Gasteiger charge is 2.46. The molecule has 294 valence electrons. The van der Waals surface area contributed by atoms with Crippen molar-refractivity contribution < 1.29 is 0 Å². The van der Waals surface area contributed by atoms with Crippen molar-refractivity contribution in [1.82, 2.24) is 9.97 Å². The maximum absolute atomic E-state index is 5.40. The predicted octanol–water partition coefficient (Wildman–Crippen LogP) is 15.5. The average Bonchev–Trinajstić information content (AvgIpc) is 3.65. The molecule has 0 saturated carbocycles. The molecule has 2 heteroatoms. The van der Waals surface area contributed by atoms with Gasteiger partial charge in [-0.05, 0) is 108 Å². The second-order valence-electron chi connectivity index (χ2n) is 16.4. The maximum Gasteiger partial charge on any atom is 0.161 e. The summed E-state index contributed by atoms with van der Waals surface area (Å²) >= 11 is 0. The number of nitrogens with zero attached hydrogens (tertiary/aromatic N) is 2. The van der Waals surface area contributed by atoms with Crippen LogP contribution >= 0.6 is 0 Å². The molecule has 1 aliphatic rings. The van der Waals surface area contributed by atoms with Gasteiger partial charge in [0, 0.05) is 16.7 Å². The van der Waals surface area contributed by atoms with E-state index < -0.39 is 5.41 Å². The van der Waals surface area contributed by atoms with E-state index >= 15 is 0 Å². The van der Waals surface area contributed by atoms with Crippen LogP contribution in [0.25, 0.3) is 88.8 Å². The van der Waals surface area contributed by atoms with Gasteiger partial charge >= 0.3 is 0 Å². The molecular formula is C61H40N2. The van der Waals surface area contributed by atoms with Crippen LogP contribution in [-0.2, 0) is 5.41 Å². The summed E-state index contributed by atoms with van der Waals surface area (Å²) < 4.78 is 0. The lowest BCUT2D eigenvalue weighted by Gasteiger charge is -2.34. The molecule has 63 heavy (non-hydrogen) atoms. The van der Waals surface area contributed by atoms with Crippen LogP contribution in [0, 0.1) is 0 Å². The maximum atomic E-state index is 5.40. The summed E-state index contributed by atoms with van der Waals surface area (Å²) in [7, 11) is 0. The van der Waals surface area contributed by atoms with Crippen molar-refractivity contribution in [2.24, 2.45) is 0 Å². The highest BCUT2D eigenvalue weighted by atomic mass is 14.9. The second kappa shape index (κ2) is 15.1. The first-order chi connectivity index (χ1) is 31.2. The third-order valence-electron chi connectivity index (χ3n) is 13.0. The van der Waals surface area contributed by atoms with Crippen LogP contribution in [0.4, 0.5) is 0 Å². The van der Waals surface area contributed by atoms with Crippen LogP contribution in [0.2, 0.25) is 0 Å². The lowest BCUT2D eigenvalue weighted by Crippen LogP contribution is -2.28. The Labute approximate surface area is 367 Å². The standard InChI is InChI=1S/C61H40N2/c1-5-19-41(20-6-1)48-29-15-18-32-52(48)59-40-58(42-21-7-2-8-22-42)62-60(63-59)53-35-34-49(50-30-16-17-31-51(50)53)45-33-36-56-54(38-45)55-37-43-23-13-14-24-44(43)39-57(55)61(56,46-25-9-3-10-26-46)47-27-11-4-12-28-47/h1-40H. The second-order valence-corrected chi connectivity index (χ2v) is 16.4. The van der Waals surface area contributed by atoms with Crippen LogP contribution in [0.5, 0.6) is 0 Å². The fraction of sp³-hybridized carbons (Fsp3) is 0.0164. The zero-order valence-corrected chi connectivity index (χ0v) is 34.5. The fourth-order valence-electron chi connectivity index (χ4n) is 10.1. The van der Waals surface area contributed by atoms with Gasteiger partial charge in [-0.15, -0.1) is 0 Å². The van der Waals surface area contributed by atoms with E-state index in [1.807, 2.05) is 6.07 Å². The van der Waals surface area contributed by atoms with Crippen LogP contribution in [0.3, 0.4) is 0 Å². The average molecular weight is 801 g/mol. The molecule has 1 aromatic heterocycles. The largest absolute Gasteiger partial charge is 0.228 e. The van der Waals surface area contributed by atoms with Crippen molar-refractivity contribution in [3.8, 4) is 67.3 Å². The van der Waals surface area contributed by atoms with Crippen LogP contribution < -0.4 is 0 Å². The minimum absolute atomic E-state index is 0.486. The molecule has 1 aliphatic carbocycles. The summed E-state index contributed by atoms with van der Waals surface area (Å²) in [4.78, 5) is 10.7. The normalized spacial score (nSPS) is 12.6. The van der Waals surface area contributed by atoms with Gasteiger partial charge in [0.05, 0.1) is 16.8 Å². The van der Waals surface area contributed by atoms with Crippen molar-refractivity contribution in [2.75, 3.05) is 0 Å². The molecule has 0 N–H and O–H groups in total. The molecule has 11 aromatic rings. The topological polar surface area (TPSA) is 25.8 Å². The summed E-state index contributed by atoms with van der Waals surface area (Å²) in [6.45, 7) is 0. The Morgan fingerprint density at radius 2 is 0.778 bits per heavy atom. The molecule has 0 saturated heterocycles. The van der Waals surface area contributed by atoms with E-state index in [4.69, 9.17) is 9.97 Å². The molecule has 2 nitrogen and oxygen atoms in total. The van der Waals surface area contributed by atoms with Crippen molar-refractivity contribution in [3.05, 3.63) is 265 Å². The number of rotatable bonds is 7. The van der Waals surface area contributed by atoms with Gasteiger partial charge in [0.25, 0.3) is 0 Å². The molecule has 0 radical (unpaired) electrons. The van der Waals surface area contributed by atoms with E-state index in [9.17, 15) is 0 Å². The molecule has 1 heterocycles. The first-order valence-corrected chi connectivity index (χ1v) is 21.6. The van der Waals surface area contributed by atoms with Gasteiger partial charge in [-0.1, -0.05) is 212 Å². The lowest BCUT2D eigenvalue weighted by molar-refractivity contribution is 0.769. The van der Waals surface area contributed by atoms with Crippen LogP contribution in [0.1, 0.15) is 22.3 Å². The summed E-state index contributed by atoms with van der Waals surface area (Å²) in [5.74, 6) is 0.697. The van der Waals surface area contributed by atoms with E-state index in [0.717, 1.165) is 50.0 Å². The molecule has 10 aromatic carbocycles. The monoisotopic (exact) mass is 800 g/mol.